The van der Waals surface area contributed by atoms with Crippen LogP contribution >= 0.6 is 0 Å². The summed E-state index contributed by atoms with van der Waals surface area (Å²) in [5, 5.41) is 0. The zero-order chi connectivity index (χ0) is 19.8. The summed E-state index contributed by atoms with van der Waals surface area (Å²) in [5.74, 6) is 0.265. The molecule has 28 heavy (non-hydrogen) atoms. The maximum absolute atomic E-state index is 12.2. The van der Waals surface area contributed by atoms with Crippen LogP contribution in [0.4, 0.5) is 0 Å². The Kier molecular flexibility index (Phi) is 7.06. The van der Waals surface area contributed by atoms with Gasteiger partial charge in [-0.25, -0.2) is 4.79 Å². The molecule has 0 spiro atoms. The third-order valence-corrected chi connectivity index (χ3v) is 4.44. The second-order valence-corrected chi connectivity index (χ2v) is 6.29. The molecule has 6 nitrogen and oxygen atoms in total. The van der Waals surface area contributed by atoms with Gasteiger partial charge < -0.3 is 23.7 Å². The van der Waals surface area contributed by atoms with Gasteiger partial charge >= 0.3 is 5.97 Å². The van der Waals surface area contributed by atoms with E-state index in [-0.39, 0.29) is 0 Å². The number of esters is 1. The Morgan fingerprint density at radius 3 is 2.29 bits per heavy atom. The Bertz CT molecular complexity index is 771. The fourth-order valence-corrected chi connectivity index (χ4v) is 2.89. The molecule has 0 N–H and O–H groups in total. The van der Waals surface area contributed by atoms with Gasteiger partial charge in [0.2, 0.25) is 6.10 Å². The minimum Gasteiger partial charge on any atom is -0.497 e. The highest BCUT2D eigenvalue weighted by atomic mass is 16.6. The molecule has 0 saturated carbocycles. The van der Waals surface area contributed by atoms with Gasteiger partial charge in [0.1, 0.15) is 18.0 Å². The van der Waals surface area contributed by atoms with E-state index in [1.165, 1.54) is 13.4 Å². The lowest BCUT2D eigenvalue weighted by atomic mass is 10.0. The molecule has 0 radical (unpaired) electrons. The summed E-state index contributed by atoms with van der Waals surface area (Å²) >= 11 is 0. The Labute approximate surface area is 164 Å². The summed E-state index contributed by atoms with van der Waals surface area (Å²) in [5.41, 5.74) is 1.98. The van der Waals surface area contributed by atoms with Crippen LogP contribution in [0.25, 0.3) is 0 Å². The first-order chi connectivity index (χ1) is 13.7. The quantitative estimate of drug-likeness (QED) is 0.651. The molecule has 0 aliphatic carbocycles. The number of rotatable bonds is 8. The van der Waals surface area contributed by atoms with Crippen LogP contribution in [0.15, 0.2) is 66.9 Å². The lowest BCUT2D eigenvalue weighted by molar-refractivity contribution is -0.174. The molecular formula is C22H24O6. The predicted octanol–water partition coefficient (Wildman–Crippen LogP) is 3.25. The number of methoxy groups -OCH3 is 2. The van der Waals surface area contributed by atoms with Crippen LogP contribution in [0, 0.1) is 0 Å². The van der Waals surface area contributed by atoms with E-state index in [1.807, 2.05) is 54.6 Å². The number of carbonyl (C=O) groups is 1. The van der Waals surface area contributed by atoms with E-state index in [2.05, 4.69) is 0 Å². The molecule has 2 aromatic rings. The third-order valence-electron chi connectivity index (χ3n) is 4.44. The van der Waals surface area contributed by atoms with Crippen LogP contribution in [-0.2, 0) is 37.0 Å². The van der Waals surface area contributed by atoms with Crippen molar-refractivity contribution in [2.45, 2.75) is 31.5 Å². The lowest BCUT2D eigenvalue weighted by Gasteiger charge is -2.33. The first-order valence-corrected chi connectivity index (χ1v) is 9.01. The number of carbonyl (C=O) groups excluding carboxylic acids is 1. The summed E-state index contributed by atoms with van der Waals surface area (Å²) in [4.78, 5) is 12.2. The highest BCUT2D eigenvalue weighted by molar-refractivity contribution is 5.75. The molecule has 0 saturated heterocycles. The highest BCUT2D eigenvalue weighted by Crippen LogP contribution is 2.23. The van der Waals surface area contributed by atoms with Gasteiger partial charge in [0.15, 0.2) is 0 Å². The molecule has 3 atom stereocenters. The maximum atomic E-state index is 12.2. The molecule has 0 unspecified atom stereocenters. The van der Waals surface area contributed by atoms with Crippen molar-refractivity contribution in [3.05, 3.63) is 78.1 Å². The highest BCUT2D eigenvalue weighted by Gasteiger charge is 2.39. The van der Waals surface area contributed by atoms with Crippen molar-refractivity contribution in [2.24, 2.45) is 0 Å². The summed E-state index contributed by atoms with van der Waals surface area (Å²) in [7, 11) is 2.94. The maximum Gasteiger partial charge on any atom is 0.349 e. The third kappa shape index (κ3) is 5.12. The molecule has 0 amide bonds. The Morgan fingerprint density at radius 2 is 1.61 bits per heavy atom. The van der Waals surface area contributed by atoms with E-state index in [0.717, 1.165) is 16.9 Å². The van der Waals surface area contributed by atoms with Gasteiger partial charge in [-0.15, -0.1) is 0 Å². The monoisotopic (exact) mass is 384 g/mol. The van der Waals surface area contributed by atoms with Crippen molar-refractivity contribution in [3.8, 4) is 5.75 Å². The van der Waals surface area contributed by atoms with Crippen LogP contribution in [0.1, 0.15) is 11.1 Å². The molecule has 0 aromatic heterocycles. The number of hydrogen-bond donors (Lipinski definition) is 0. The summed E-state index contributed by atoms with van der Waals surface area (Å²) < 4.78 is 27.5. The fourth-order valence-electron chi connectivity index (χ4n) is 2.89. The smallest absolute Gasteiger partial charge is 0.349 e. The van der Waals surface area contributed by atoms with E-state index in [4.69, 9.17) is 23.7 Å². The van der Waals surface area contributed by atoms with Crippen molar-refractivity contribution >= 4 is 5.97 Å². The van der Waals surface area contributed by atoms with Crippen molar-refractivity contribution in [3.63, 3.8) is 0 Å². The molecule has 1 aliphatic heterocycles. The minimum absolute atomic E-state index is 0.296. The molecule has 0 bridgehead atoms. The van der Waals surface area contributed by atoms with Gasteiger partial charge in [0, 0.05) is 0 Å². The lowest BCUT2D eigenvalue weighted by Crippen LogP contribution is -2.48. The van der Waals surface area contributed by atoms with E-state index in [0.29, 0.717) is 13.2 Å². The predicted molar refractivity (Wildman–Crippen MR) is 103 cm³/mol. The first kappa shape index (κ1) is 19.9. The average Bonchev–Trinajstić information content (AvgIpc) is 2.76. The zero-order valence-electron chi connectivity index (χ0n) is 15.9. The zero-order valence-corrected chi connectivity index (χ0v) is 15.9. The number of ether oxygens (including phenoxy) is 5. The first-order valence-electron chi connectivity index (χ1n) is 9.01. The van der Waals surface area contributed by atoms with Gasteiger partial charge in [-0.3, -0.25) is 0 Å². The van der Waals surface area contributed by atoms with Crippen molar-refractivity contribution < 1.29 is 28.5 Å². The Morgan fingerprint density at radius 1 is 0.929 bits per heavy atom. The van der Waals surface area contributed by atoms with Gasteiger partial charge in [-0.2, -0.15) is 0 Å². The number of benzene rings is 2. The van der Waals surface area contributed by atoms with Gasteiger partial charge in [-0.05, 0) is 29.3 Å². The molecule has 6 heteroatoms. The van der Waals surface area contributed by atoms with Crippen LogP contribution < -0.4 is 4.74 Å². The Hall–Kier alpha value is -2.83. The normalized spacial score (nSPS) is 21.0. The standard InChI is InChI=1S/C22H24O6/c1-24-18-10-8-17(9-11-18)15-28-20-19(12-13-26-21(20)22(23)25-2)27-14-16-6-4-3-5-7-16/h3-13,19-21H,14-15H2,1-2H3/t19-,20+,21+/m1/s1. The second kappa shape index (κ2) is 9.92. The van der Waals surface area contributed by atoms with Crippen LogP contribution in [0.2, 0.25) is 0 Å². The van der Waals surface area contributed by atoms with Gasteiger partial charge in [0.25, 0.3) is 0 Å². The summed E-state index contributed by atoms with van der Waals surface area (Å²) in [6, 6.07) is 17.3. The van der Waals surface area contributed by atoms with Crippen molar-refractivity contribution in [2.75, 3.05) is 14.2 Å². The van der Waals surface area contributed by atoms with E-state index >= 15 is 0 Å². The average molecular weight is 384 g/mol. The molecule has 2 aromatic carbocycles. The SMILES string of the molecule is COC(=O)[C@H]1OC=C[C@@H](OCc2ccccc2)[C@@H]1OCc1ccc(OC)cc1. The van der Waals surface area contributed by atoms with Crippen LogP contribution in [0.5, 0.6) is 5.75 Å². The van der Waals surface area contributed by atoms with E-state index in [9.17, 15) is 4.79 Å². The molecule has 1 heterocycles. The summed E-state index contributed by atoms with van der Waals surface area (Å²) in [6.45, 7) is 0.691. The molecule has 3 rings (SSSR count). The topological polar surface area (TPSA) is 63.2 Å². The van der Waals surface area contributed by atoms with E-state index < -0.39 is 24.3 Å². The summed E-state index contributed by atoms with van der Waals surface area (Å²) in [6.07, 6.45) is 1.24. The van der Waals surface area contributed by atoms with Gasteiger partial charge in [-0.1, -0.05) is 42.5 Å². The van der Waals surface area contributed by atoms with Crippen molar-refractivity contribution in [1.29, 1.82) is 0 Å². The second-order valence-electron chi connectivity index (χ2n) is 6.29. The molecule has 1 aliphatic rings. The fraction of sp³-hybridized carbons (Fsp3) is 0.318. The van der Waals surface area contributed by atoms with Crippen LogP contribution in [0.3, 0.4) is 0 Å². The molecular weight excluding hydrogens is 360 g/mol. The largest absolute Gasteiger partial charge is 0.497 e. The molecule has 0 fully saturated rings. The van der Waals surface area contributed by atoms with Crippen LogP contribution in [-0.4, -0.2) is 38.5 Å². The Balaban J connectivity index is 1.69. The van der Waals surface area contributed by atoms with Crippen molar-refractivity contribution in [1.82, 2.24) is 0 Å². The number of hydrogen-bond acceptors (Lipinski definition) is 6. The van der Waals surface area contributed by atoms with Gasteiger partial charge in [0.05, 0.1) is 33.7 Å². The van der Waals surface area contributed by atoms with E-state index in [1.54, 1.807) is 13.2 Å². The molecule has 148 valence electrons. The minimum atomic E-state index is -0.894.